The van der Waals surface area contributed by atoms with Crippen LogP contribution in [0.15, 0.2) is 11.6 Å². The highest BCUT2D eigenvalue weighted by Gasteiger charge is 2.64. The monoisotopic (exact) mass is 332 g/mol. The van der Waals surface area contributed by atoms with Crippen molar-refractivity contribution in [3.05, 3.63) is 11.6 Å². The van der Waals surface area contributed by atoms with Crippen LogP contribution in [0.2, 0.25) is 0 Å². The Labute approximate surface area is 147 Å². The van der Waals surface area contributed by atoms with Gasteiger partial charge in [0, 0.05) is 17.6 Å². The second-order valence-corrected chi connectivity index (χ2v) is 9.14. The Morgan fingerprint density at radius 3 is 2.96 bits per heavy atom. The Kier molecular flexibility index (Phi) is 5.36. The lowest BCUT2D eigenvalue weighted by Crippen LogP contribution is -2.41. The maximum absolute atomic E-state index is 6.11. The summed E-state index contributed by atoms with van der Waals surface area (Å²) < 4.78 is 6.11. The molecule has 128 valence electrons. The zero-order valence-corrected chi connectivity index (χ0v) is 15.9. The predicted molar refractivity (Wildman–Crippen MR) is 100 cm³/mol. The van der Waals surface area contributed by atoms with Crippen LogP contribution in [-0.4, -0.2) is 18.1 Å². The summed E-state index contributed by atoms with van der Waals surface area (Å²) in [5.74, 6) is 5.32. The van der Waals surface area contributed by atoms with E-state index in [1.54, 1.807) is 5.57 Å². The molecular formula is C21H32OS. The number of hydrogen-bond donors (Lipinski definition) is 0. The van der Waals surface area contributed by atoms with Crippen LogP contribution < -0.4 is 0 Å². The predicted octanol–water partition coefficient (Wildman–Crippen LogP) is 5.80. The molecule has 3 aliphatic rings. The molecule has 2 saturated carbocycles. The quantitative estimate of drug-likeness (QED) is 0.345. The van der Waals surface area contributed by atoms with Gasteiger partial charge in [-0.2, -0.15) is 11.8 Å². The third-order valence-corrected chi connectivity index (χ3v) is 7.77. The van der Waals surface area contributed by atoms with Crippen molar-refractivity contribution in [3.8, 4) is 12.0 Å². The van der Waals surface area contributed by atoms with Crippen molar-refractivity contribution in [1.29, 1.82) is 0 Å². The minimum Gasteiger partial charge on any atom is -0.443 e. The van der Waals surface area contributed by atoms with E-state index in [0.29, 0.717) is 16.9 Å². The van der Waals surface area contributed by atoms with E-state index in [1.807, 2.05) is 11.8 Å². The number of allylic oxidation sites excluding steroid dienone is 2. The molecule has 0 saturated heterocycles. The van der Waals surface area contributed by atoms with E-state index in [1.165, 1.54) is 57.1 Å². The van der Waals surface area contributed by atoms with Gasteiger partial charge in [0.25, 0.3) is 0 Å². The smallest absolute Gasteiger partial charge is 0.118 e. The second kappa shape index (κ2) is 7.14. The van der Waals surface area contributed by atoms with Gasteiger partial charge in [0.15, 0.2) is 0 Å². The molecular weight excluding hydrogens is 300 g/mol. The van der Waals surface area contributed by atoms with Crippen LogP contribution in [0.4, 0.5) is 0 Å². The van der Waals surface area contributed by atoms with Crippen molar-refractivity contribution in [2.75, 3.05) is 12.0 Å². The third-order valence-electron chi connectivity index (χ3n) is 6.97. The Bertz CT molecular complexity index is 510. The molecule has 3 rings (SSSR count). The number of fused-ring (bicyclic) bond motifs is 2. The number of rotatable bonds is 6. The Hall–Kier alpha value is -0.550. The van der Waals surface area contributed by atoms with Crippen LogP contribution in [0.3, 0.4) is 0 Å². The molecule has 2 heteroatoms. The van der Waals surface area contributed by atoms with Crippen molar-refractivity contribution in [3.63, 3.8) is 0 Å². The first-order chi connectivity index (χ1) is 11.1. The van der Waals surface area contributed by atoms with E-state index in [2.05, 4.69) is 38.2 Å². The first kappa shape index (κ1) is 17.3. The van der Waals surface area contributed by atoms with Gasteiger partial charge >= 0.3 is 0 Å². The largest absolute Gasteiger partial charge is 0.443 e. The van der Waals surface area contributed by atoms with Crippen LogP contribution in [0, 0.1) is 28.8 Å². The lowest BCUT2D eigenvalue weighted by molar-refractivity contribution is 0.0157. The van der Waals surface area contributed by atoms with Gasteiger partial charge in [-0.05, 0) is 69.0 Å². The van der Waals surface area contributed by atoms with Crippen molar-refractivity contribution < 1.29 is 4.74 Å². The van der Waals surface area contributed by atoms with Crippen molar-refractivity contribution >= 4 is 11.8 Å². The molecule has 0 aliphatic heterocycles. The number of hydrogen-bond acceptors (Lipinski definition) is 2. The van der Waals surface area contributed by atoms with E-state index >= 15 is 0 Å². The molecule has 0 spiro atoms. The van der Waals surface area contributed by atoms with E-state index < -0.39 is 0 Å². The van der Waals surface area contributed by atoms with Gasteiger partial charge in [-0.1, -0.05) is 31.4 Å². The summed E-state index contributed by atoms with van der Waals surface area (Å²) in [5, 5.41) is 0. The Balaban J connectivity index is 1.49. The lowest BCUT2D eigenvalue weighted by Gasteiger charge is -2.40. The molecule has 23 heavy (non-hydrogen) atoms. The first-order valence-corrected chi connectivity index (χ1v) is 10.8. The maximum Gasteiger partial charge on any atom is 0.118 e. The molecule has 3 atom stereocenters. The summed E-state index contributed by atoms with van der Waals surface area (Å²) in [7, 11) is 0. The van der Waals surface area contributed by atoms with E-state index in [-0.39, 0.29) is 0 Å². The van der Waals surface area contributed by atoms with Crippen molar-refractivity contribution in [2.45, 2.75) is 77.7 Å². The topological polar surface area (TPSA) is 9.23 Å². The standard InChI is InChI=1S/C21H32OS/c1-20(2)18-12-13-21(20,16-23-3)19(15-18)22-14-8-4-5-9-17-10-6-7-11-17/h10,18-19H,4-7,9,11-13,15-16H2,1-3H3/t18-,19-,21-/m1/s1. The van der Waals surface area contributed by atoms with Gasteiger partial charge < -0.3 is 4.74 Å². The molecule has 0 aromatic rings. The second-order valence-electron chi connectivity index (χ2n) is 8.28. The fraction of sp³-hybridized carbons (Fsp3) is 0.810. The van der Waals surface area contributed by atoms with E-state index in [9.17, 15) is 0 Å². The molecule has 0 N–H and O–H groups in total. The molecule has 0 unspecified atom stereocenters. The summed E-state index contributed by atoms with van der Waals surface area (Å²) in [4.78, 5) is 0. The number of ether oxygens (including phenoxy) is 1. The fourth-order valence-electron chi connectivity index (χ4n) is 5.30. The van der Waals surface area contributed by atoms with Crippen LogP contribution in [0.5, 0.6) is 0 Å². The number of unbranched alkanes of at least 4 members (excludes halogenated alkanes) is 1. The summed E-state index contributed by atoms with van der Waals surface area (Å²) >= 11 is 1.98. The highest BCUT2D eigenvalue weighted by molar-refractivity contribution is 7.98. The fourth-order valence-corrected chi connectivity index (χ4v) is 6.51. The third kappa shape index (κ3) is 3.19. The minimum atomic E-state index is 0.348. The van der Waals surface area contributed by atoms with Gasteiger partial charge in [-0.3, -0.25) is 0 Å². The molecule has 0 radical (unpaired) electrons. The molecule has 0 heterocycles. The molecule has 0 aromatic carbocycles. The highest BCUT2D eigenvalue weighted by atomic mass is 32.2. The van der Waals surface area contributed by atoms with Crippen LogP contribution in [0.1, 0.15) is 71.6 Å². The van der Waals surface area contributed by atoms with Gasteiger partial charge in [-0.15, -0.1) is 0 Å². The van der Waals surface area contributed by atoms with Gasteiger partial charge in [-0.25, -0.2) is 0 Å². The van der Waals surface area contributed by atoms with Gasteiger partial charge in [0.05, 0.1) is 0 Å². The van der Waals surface area contributed by atoms with Crippen LogP contribution in [0.25, 0.3) is 0 Å². The lowest BCUT2D eigenvalue weighted by atomic mass is 9.69. The van der Waals surface area contributed by atoms with Gasteiger partial charge in [0.1, 0.15) is 12.2 Å². The maximum atomic E-state index is 6.11. The minimum absolute atomic E-state index is 0.348. The van der Waals surface area contributed by atoms with E-state index in [4.69, 9.17) is 4.74 Å². The SMILES string of the molecule is CSC[C@]12CC[C@H](C[C@H]1OC#CCCCC1=CCCC1)C2(C)C. The summed E-state index contributed by atoms with van der Waals surface area (Å²) in [6, 6.07) is 0. The van der Waals surface area contributed by atoms with Gasteiger partial charge in [0.2, 0.25) is 0 Å². The molecule has 0 aromatic heterocycles. The highest BCUT2D eigenvalue weighted by Crippen LogP contribution is 2.67. The molecule has 2 bridgehead atoms. The van der Waals surface area contributed by atoms with Crippen molar-refractivity contribution in [2.24, 2.45) is 16.7 Å². The first-order valence-electron chi connectivity index (χ1n) is 9.40. The van der Waals surface area contributed by atoms with Crippen LogP contribution >= 0.6 is 11.8 Å². The zero-order chi connectivity index (χ0) is 16.3. The van der Waals surface area contributed by atoms with Crippen LogP contribution in [-0.2, 0) is 4.74 Å². The Morgan fingerprint density at radius 2 is 2.26 bits per heavy atom. The molecule has 1 nitrogen and oxygen atoms in total. The summed E-state index contributed by atoms with van der Waals surface area (Å²) in [6.07, 6.45) is 19.4. The summed E-state index contributed by atoms with van der Waals surface area (Å²) in [5.41, 5.74) is 2.42. The zero-order valence-electron chi connectivity index (χ0n) is 15.1. The average molecular weight is 333 g/mol. The Morgan fingerprint density at radius 1 is 1.39 bits per heavy atom. The molecule has 0 amide bonds. The van der Waals surface area contributed by atoms with Crippen molar-refractivity contribution in [1.82, 2.24) is 0 Å². The summed E-state index contributed by atoms with van der Waals surface area (Å²) in [6.45, 7) is 4.93. The molecule has 2 fully saturated rings. The number of thioether (sulfide) groups is 1. The average Bonchev–Trinajstić information content (AvgIpc) is 3.17. The molecule has 3 aliphatic carbocycles. The van der Waals surface area contributed by atoms with E-state index in [0.717, 1.165) is 12.3 Å². The normalized spacial score (nSPS) is 34.1.